The number of para-hydroxylation sites is 2. The first kappa shape index (κ1) is 52.1. The number of hydrogen-bond donors (Lipinski definition) is 0. The third-order valence-corrected chi connectivity index (χ3v) is 16.0. The molecule has 0 spiro atoms. The van der Waals surface area contributed by atoms with Gasteiger partial charge in [-0.3, -0.25) is 0 Å². The summed E-state index contributed by atoms with van der Waals surface area (Å²) in [6.45, 7) is 1.71. The molecule has 15 aromatic rings. The predicted octanol–water partition coefficient (Wildman–Crippen LogP) is 18.8. The van der Waals surface area contributed by atoms with Crippen LogP contribution in [0.15, 0.2) is 261 Å². The van der Waals surface area contributed by atoms with E-state index in [1.807, 2.05) is 188 Å². The molecule has 0 atom stereocenters. The largest absolute Gasteiger partial charge is 0.416 e. The van der Waals surface area contributed by atoms with Crippen molar-refractivity contribution in [2.45, 2.75) is 13.1 Å². The van der Waals surface area contributed by atoms with Crippen molar-refractivity contribution in [2.24, 2.45) is 0 Å². The highest BCUT2D eigenvalue weighted by atomic mass is 19.4. The van der Waals surface area contributed by atoms with Gasteiger partial charge in [0.05, 0.1) is 45.0 Å². The molecule has 0 N–H and O–H groups in total. The normalized spacial score (nSPS) is 11.7. The Labute approximate surface area is 497 Å². The number of aryl methyl sites for hydroxylation is 1. The van der Waals surface area contributed by atoms with Crippen molar-refractivity contribution in [2.75, 3.05) is 0 Å². The Morgan fingerprint density at radius 3 is 1.21 bits per heavy atom. The number of nitrogens with zero attached hydrogens (tertiary/aromatic N) is 9. The van der Waals surface area contributed by atoms with Crippen molar-refractivity contribution < 1.29 is 13.2 Å². The fourth-order valence-corrected chi connectivity index (χ4v) is 11.9. The van der Waals surface area contributed by atoms with E-state index in [1.165, 1.54) is 6.07 Å². The molecule has 15 rings (SSSR count). The van der Waals surface area contributed by atoms with E-state index in [1.54, 1.807) is 13.0 Å². The van der Waals surface area contributed by atoms with Crippen LogP contribution in [0, 0.1) is 18.3 Å². The zero-order chi connectivity index (χ0) is 58.8. The van der Waals surface area contributed by atoms with E-state index in [0.29, 0.717) is 68.3 Å². The number of rotatable bonds is 10. The minimum Gasteiger partial charge on any atom is -0.309 e. The molecule has 0 amide bonds. The van der Waals surface area contributed by atoms with Gasteiger partial charge in [0.1, 0.15) is 0 Å². The summed E-state index contributed by atoms with van der Waals surface area (Å²) in [4.78, 5) is 30.1. The SMILES string of the molecule is Cc1cc(C(F)(F)F)ccc1-c1ccc(-n2c3ccccc3c3cc(-c4nc(-c5ccccc5)nc(-c5ccccc5)n4)ccc32)cc1-c1cc(C#N)ccc1-n1c2ccccc2c2cc(-c3nc(-c4ccccc4)nc(-c4ccccc4)n3)ccc21. The summed E-state index contributed by atoms with van der Waals surface area (Å²) in [7, 11) is 0. The topological polar surface area (TPSA) is 111 Å². The molecule has 11 aromatic carbocycles. The highest BCUT2D eigenvalue weighted by molar-refractivity contribution is 6.12. The van der Waals surface area contributed by atoms with E-state index in [-0.39, 0.29) is 0 Å². The van der Waals surface area contributed by atoms with Crippen LogP contribution in [0.25, 0.3) is 146 Å². The lowest BCUT2D eigenvalue weighted by Crippen LogP contribution is -2.05. The van der Waals surface area contributed by atoms with Crippen molar-refractivity contribution in [1.29, 1.82) is 5.26 Å². The fraction of sp³-hybridized carbons (Fsp3) is 0.0267. The van der Waals surface area contributed by atoms with Gasteiger partial charge in [-0.25, -0.2) is 29.9 Å². The van der Waals surface area contributed by atoms with Gasteiger partial charge in [-0.05, 0) is 120 Å². The molecule has 0 aliphatic heterocycles. The Hall–Kier alpha value is -11.7. The highest BCUT2D eigenvalue weighted by Gasteiger charge is 2.31. The number of benzene rings is 11. The van der Waals surface area contributed by atoms with Gasteiger partial charge in [0.15, 0.2) is 34.9 Å². The zero-order valence-corrected chi connectivity index (χ0v) is 46.5. The van der Waals surface area contributed by atoms with Gasteiger partial charge in [0.25, 0.3) is 0 Å². The van der Waals surface area contributed by atoms with E-state index in [2.05, 4.69) is 69.8 Å². The molecule has 0 bridgehead atoms. The average Bonchev–Trinajstić information content (AvgIpc) is 1.79. The Kier molecular flexibility index (Phi) is 12.7. The summed E-state index contributed by atoms with van der Waals surface area (Å²) in [5.41, 5.74) is 13.0. The van der Waals surface area contributed by atoms with Crippen LogP contribution in [0.2, 0.25) is 0 Å². The molecular formula is C75H46F3N9. The molecular weight excluding hydrogens is 1080 g/mol. The maximum Gasteiger partial charge on any atom is 0.416 e. The Morgan fingerprint density at radius 2 is 0.747 bits per heavy atom. The van der Waals surface area contributed by atoms with Gasteiger partial charge < -0.3 is 9.13 Å². The van der Waals surface area contributed by atoms with Gasteiger partial charge in [0, 0.05) is 66.2 Å². The zero-order valence-electron chi connectivity index (χ0n) is 46.5. The van der Waals surface area contributed by atoms with E-state index in [4.69, 9.17) is 29.9 Å². The number of nitriles is 1. The summed E-state index contributed by atoms with van der Waals surface area (Å²) < 4.78 is 47.6. The van der Waals surface area contributed by atoms with Gasteiger partial charge in [0.2, 0.25) is 0 Å². The van der Waals surface area contributed by atoms with Crippen molar-refractivity contribution in [3.8, 4) is 108 Å². The van der Waals surface area contributed by atoms with Crippen molar-refractivity contribution >= 4 is 43.6 Å². The number of fused-ring (bicyclic) bond motifs is 6. The lowest BCUT2D eigenvalue weighted by molar-refractivity contribution is -0.137. The summed E-state index contributed by atoms with van der Waals surface area (Å²) in [6, 6.07) is 86.4. The second-order valence-corrected chi connectivity index (χ2v) is 21.3. The third kappa shape index (κ3) is 9.40. The quantitative estimate of drug-likeness (QED) is 0.134. The third-order valence-electron chi connectivity index (χ3n) is 16.0. The molecule has 412 valence electrons. The molecule has 4 heterocycles. The Balaban J connectivity index is 0.934. The van der Waals surface area contributed by atoms with Crippen LogP contribution in [0.5, 0.6) is 0 Å². The van der Waals surface area contributed by atoms with Crippen LogP contribution in [-0.2, 0) is 6.18 Å². The maximum atomic E-state index is 14.4. The highest BCUT2D eigenvalue weighted by Crippen LogP contribution is 2.45. The van der Waals surface area contributed by atoms with Crippen LogP contribution in [-0.4, -0.2) is 39.0 Å². The molecule has 0 unspecified atom stereocenters. The van der Waals surface area contributed by atoms with Gasteiger partial charge >= 0.3 is 6.18 Å². The number of hydrogen-bond acceptors (Lipinski definition) is 7. The number of alkyl halides is 3. The first-order valence-electron chi connectivity index (χ1n) is 28.3. The number of aromatic nitrogens is 8. The van der Waals surface area contributed by atoms with Crippen LogP contribution < -0.4 is 0 Å². The molecule has 9 nitrogen and oxygen atoms in total. The molecule has 0 aliphatic carbocycles. The summed E-state index contributed by atoms with van der Waals surface area (Å²) in [6.07, 6.45) is -4.55. The van der Waals surface area contributed by atoms with E-state index in [9.17, 15) is 18.4 Å². The molecule has 12 heteroatoms. The van der Waals surface area contributed by atoms with Crippen LogP contribution in [0.3, 0.4) is 0 Å². The van der Waals surface area contributed by atoms with E-state index in [0.717, 1.165) is 94.4 Å². The molecule has 4 aromatic heterocycles. The summed E-state index contributed by atoms with van der Waals surface area (Å²) >= 11 is 0. The second-order valence-electron chi connectivity index (χ2n) is 21.3. The maximum absolute atomic E-state index is 14.4. The Morgan fingerprint density at radius 1 is 0.333 bits per heavy atom. The van der Waals surface area contributed by atoms with Crippen molar-refractivity contribution in [1.82, 2.24) is 39.0 Å². The van der Waals surface area contributed by atoms with Gasteiger partial charge in [-0.1, -0.05) is 170 Å². The van der Waals surface area contributed by atoms with Crippen LogP contribution in [0.1, 0.15) is 16.7 Å². The lowest BCUT2D eigenvalue weighted by Gasteiger charge is -2.20. The fourth-order valence-electron chi connectivity index (χ4n) is 11.9. The smallest absolute Gasteiger partial charge is 0.309 e. The van der Waals surface area contributed by atoms with Crippen molar-refractivity contribution in [3.05, 3.63) is 278 Å². The standard InChI is InChI=1S/C75H46F3N9/c1-46-40-54(75(76,77)78)33-35-56(46)57-36-34-55(86-64-28-16-14-26-58(64)62-42-52(31-38-66(62)86)73-82-69(48-18-6-2-7-19-48)80-70(83-73)49-20-8-3-9-21-49)44-60(57)61-41-47(45-79)30-37-67(61)87-65-29-17-15-27-59(65)63-43-53(32-39-68(63)87)74-84-71(50-22-10-4-11-23-50)81-72(85-74)51-24-12-5-13-25-51/h2-44H,1H3. The monoisotopic (exact) mass is 1130 g/mol. The lowest BCUT2D eigenvalue weighted by atomic mass is 9.89. The molecule has 0 radical (unpaired) electrons. The predicted molar refractivity (Wildman–Crippen MR) is 340 cm³/mol. The molecule has 0 saturated carbocycles. The van der Waals surface area contributed by atoms with Crippen molar-refractivity contribution in [3.63, 3.8) is 0 Å². The van der Waals surface area contributed by atoms with E-state index >= 15 is 0 Å². The molecule has 0 fully saturated rings. The van der Waals surface area contributed by atoms with Crippen LogP contribution in [0.4, 0.5) is 13.2 Å². The molecule has 87 heavy (non-hydrogen) atoms. The van der Waals surface area contributed by atoms with Crippen LogP contribution >= 0.6 is 0 Å². The number of halogens is 3. The minimum absolute atomic E-state index is 0.407. The second kappa shape index (κ2) is 21.2. The first-order valence-corrected chi connectivity index (χ1v) is 28.3. The average molecular weight is 1130 g/mol. The minimum atomic E-state index is -4.55. The summed E-state index contributed by atoms with van der Waals surface area (Å²) in [5.74, 6) is 3.23. The Bertz CT molecular complexity index is 5110. The molecule has 0 saturated heterocycles. The van der Waals surface area contributed by atoms with Gasteiger partial charge in [-0.2, -0.15) is 18.4 Å². The summed E-state index contributed by atoms with van der Waals surface area (Å²) in [5, 5.41) is 14.6. The molecule has 0 aliphatic rings. The van der Waals surface area contributed by atoms with E-state index < -0.39 is 11.7 Å². The van der Waals surface area contributed by atoms with Gasteiger partial charge in [-0.15, -0.1) is 0 Å². The first-order chi connectivity index (χ1) is 42.6.